The number of nitrogens with zero attached hydrogens (tertiary/aromatic N) is 5. The number of piperazine rings is 1. The quantitative estimate of drug-likeness (QED) is 0.521. The third kappa shape index (κ3) is 3.97. The number of fused-ring (bicyclic) bond motifs is 2. The van der Waals surface area contributed by atoms with Crippen LogP contribution < -0.4 is 10.8 Å². The normalized spacial score (nSPS) is 18.1. The van der Waals surface area contributed by atoms with Gasteiger partial charge in [-0.2, -0.15) is 5.10 Å². The first-order chi connectivity index (χ1) is 14.8. The first kappa shape index (κ1) is 19.6. The number of amidine groups is 1. The third-order valence-electron chi connectivity index (χ3n) is 5.98. The predicted molar refractivity (Wildman–Crippen MR) is 127 cm³/mol. The highest BCUT2D eigenvalue weighted by atomic mass is 32.2. The Labute approximate surface area is 181 Å². The maximum atomic E-state index is 4.81. The SMILES string of the molecule is CN1CCN(CCn2c3ccccc3c(=NNC3=NCCS3)c3ccccc32)CC1. The van der Waals surface area contributed by atoms with E-state index in [1.165, 1.54) is 21.8 Å². The molecule has 3 heterocycles. The van der Waals surface area contributed by atoms with Gasteiger partial charge in [-0.15, -0.1) is 0 Å². The van der Waals surface area contributed by atoms with E-state index < -0.39 is 0 Å². The summed E-state index contributed by atoms with van der Waals surface area (Å²) in [6.45, 7) is 7.49. The molecule has 0 atom stereocenters. The lowest BCUT2D eigenvalue weighted by Crippen LogP contribution is -2.45. The number of benzene rings is 2. The van der Waals surface area contributed by atoms with Gasteiger partial charge in [-0.1, -0.05) is 48.2 Å². The number of likely N-dealkylation sites (N-methyl/N-ethyl adjacent to an activating group) is 1. The molecule has 0 saturated carbocycles. The number of hydrogen-bond acceptors (Lipinski definition) is 6. The fraction of sp³-hybridized carbons (Fsp3) is 0.391. The van der Waals surface area contributed by atoms with Crippen LogP contribution in [0.3, 0.4) is 0 Å². The monoisotopic (exact) mass is 420 g/mol. The van der Waals surface area contributed by atoms with Crippen molar-refractivity contribution in [2.75, 3.05) is 52.1 Å². The van der Waals surface area contributed by atoms with E-state index in [0.717, 1.165) is 62.1 Å². The second-order valence-corrected chi connectivity index (χ2v) is 9.02. The van der Waals surface area contributed by atoms with E-state index in [1.807, 2.05) is 0 Å². The molecule has 1 saturated heterocycles. The van der Waals surface area contributed by atoms with Crippen LogP contribution in [-0.4, -0.2) is 71.6 Å². The van der Waals surface area contributed by atoms with Crippen molar-refractivity contribution in [1.29, 1.82) is 0 Å². The molecule has 1 aromatic heterocycles. The molecule has 0 radical (unpaired) electrons. The Morgan fingerprint density at radius 3 is 2.23 bits per heavy atom. The van der Waals surface area contributed by atoms with Crippen molar-refractivity contribution >= 4 is 38.7 Å². The average Bonchev–Trinajstić information content (AvgIpc) is 3.31. The number of hydrogen-bond donors (Lipinski definition) is 1. The average molecular weight is 421 g/mol. The van der Waals surface area contributed by atoms with Crippen LogP contribution in [0.5, 0.6) is 0 Å². The second-order valence-electron chi connectivity index (χ2n) is 7.94. The van der Waals surface area contributed by atoms with Crippen molar-refractivity contribution < 1.29 is 0 Å². The van der Waals surface area contributed by atoms with Gasteiger partial charge in [0.05, 0.1) is 17.6 Å². The Bertz CT molecular complexity index is 1080. The molecule has 2 aliphatic heterocycles. The van der Waals surface area contributed by atoms with Gasteiger partial charge < -0.3 is 9.47 Å². The number of nitrogens with one attached hydrogen (secondary N) is 1. The van der Waals surface area contributed by atoms with E-state index in [4.69, 9.17) is 5.10 Å². The molecule has 5 rings (SSSR count). The molecule has 0 aliphatic carbocycles. The van der Waals surface area contributed by atoms with Crippen molar-refractivity contribution in [3.63, 3.8) is 0 Å². The van der Waals surface area contributed by atoms with Crippen molar-refractivity contribution in [3.05, 3.63) is 53.9 Å². The van der Waals surface area contributed by atoms with E-state index in [0.29, 0.717) is 0 Å². The summed E-state index contributed by atoms with van der Waals surface area (Å²) in [4.78, 5) is 9.46. The molecule has 0 amide bonds. The van der Waals surface area contributed by atoms with Crippen molar-refractivity contribution in [2.45, 2.75) is 6.54 Å². The van der Waals surface area contributed by atoms with E-state index in [1.54, 1.807) is 11.8 Å². The van der Waals surface area contributed by atoms with Gasteiger partial charge in [-0.25, -0.2) is 0 Å². The summed E-state index contributed by atoms with van der Waals surface area (Å²) in [6.07, 6.45) is 0. The molecule has 0 spiro atoms. The highest BCUT2D eigenvalue weighted by Gasteiger charge is 2.15. The molecule has 1 N–H and O–H groups in total. The maximum Gasteiger partial charge on any atom is 0.177 e. The molecule has 3 aromatic rings. The van der Waals surface area contributed by atoms with Crippen LogP contribution in [0, 0.1) is 0 Å². The summed E-state index contributed by atoms with van der Waals surface area (Å²) < 4.78 is 2.46. The molecule has 1 fully saturated rings. The smallest absolute Gasteiger partial charge is 0.177 e. The lowest BCUT2D eigenvalue weighted by atomic mass is 10.1. The molecule has 2 aliphatic rings. The van der Waals surface area contributed by atoms with Crippen LogP contribution in [0.2, 0.25) is 0 Å². The Balaban J connectivity index is 1.57. The standard InChI is InChI=1S/C23H28N6S/c1-27-11-13-28(14-12-27)15-16-29-20-8-4-2-6-18(20)22(19-7-3-5-9-21(19)29)25-26-23-24-10-17-30-23/h2-9H,10-17H2,1H3,(H,24,26). The van der Waals surface area contributed by atoms with Crippen LogP contribution >= 0.6 is 11.8 Å². The molecule has 7 heteroatoms. The highest BCUT2D eigenvalue weighted by molar-refractivity contribution is 8.14. The summed E-state index contributed by atoms with van der Waals surface area (Å²) >= 11 is 1.73. The Morgan fingerprint density at radius 2 is 1.60 bits per heavy atom. The molecular weight excluding hydrogens is 392 g/mol. The largest absolute Gasteiger partial charge is 0.339 e. The van der Waals surface area contributed by atoms with Crippen molar-refractivity contribution in [2.24, 2.45) is 10.1 Å². The molecule has 2 aromatic carbocycles. The predicted octanol–water partition coefficient (Wildman–Crippen LogP) is 2.55. The summed E-state index contributed by atoms with van der Waals surface area (Å²) in [5.74, 6) is 1.03. The van der Waals surface area contributed by atoms with Gasteiger partial charge in [-0.3, -0.25) is 15.3 Å². The van der Waals surface area contributed by atoms with Gasteiger partial charge in [0.25, 0.3) is 0 Å². The second kappa shape index (κ2) is 8.79. The van der Waals surface area contributed by atoms with Crippen molar-refractivity contribution in [1.82, 2.24) is 19.8 Å². The number of aromatic nitrogens is 1. The van der Waals surface area contributed by atoms with Crippen LogP contribution in [0.25, 0.3) is 21.8 Å². The molecule has 156 valence electrons. The van der Waals surface area contributed by atoms with Crippen LogP contribution in [0.15, 0.2) is 58.6 Å². The number of rotatable bonds is 4. The number of thioether (sulfide) groups is 1. The van der Waals surface area contributed by atoms with Gasteiger partial charge in [0, 0.05) is 55.8 Å². The fourth-order valence-electron chi connectivity index (χ4n) is 4.27. The molecule has 6 nitrogen and oxygen atoms in total. The number of aliphatic imine (C=N–C) groups is 1. The van der Waals surface area contributed by atoms with Crippen LogP contribution in [0.1, 0.15) is 0 Å². The zero-order valence-electron chi connectivity index (χ0n) is 17.4. The maximum absolute atomic E-state index is 4.81. The van der Waals surface area contributed by atoms with E-state index >= 15 is 0 Å². The summed E-state index contributed by atoms with van der Waals surface area (Å²) in [5.41, 5.74) is 5.66. The lowest BCUT2D eigenvalue weighted by molar-refractivity contribution is 0.151. The third-order valence-corrected chi connectivity index (χ3v) is 6.87. The summed E-state index contributed by atoms with van der Waals surface area (Å²) in [6, 6.07) is 17.2. The van der Waals surface area contributed by atoms with Crippen LogP contribution in [-0.2, 0) is 6.54 Å². The van der Waals surface area contributed by atoms with Crippen LogP contribution in [0.4, 0.5) is 0 Å². The first-order valence-corrected chi connectivity index (χ1v) is 11.7. The Morgan fingerprint density at radius 1 is 0.933 bits per heavy atom. The first-order valence-electron chi connectivity index (χ1n) is 10.7. The highest BCUT2D eigenvalue weighted by Crippen LogP contribution is 2.20. The Hall–Kier alpha value is -2.35. The summed E-state index contributed by atoms with van der Waals surface area (Å²) in [7, 11) is 2.21. The van der Waals surface area contributed by atoms with Gasteiger partial charge in [0.15, 0.2) is 5.17 Å². The van der Waals surface area contributed by atoms with Gasteiger partial charge in [0.2, 0.25) is 0 Å². The fourth-order valence-corrected chi connectivity index (χ4v) is 4.94. The minimum absolute atomic E-state index is 0.866. The van der Waals surface area contributed by atoms with Gasteiger partial charge in [-0.05, 0) is 19.2 Å². The Kier molecular flexibility index (Phi) is 5.75. The zero-order chi connectivity index (χ0) is 20.3. The topological polar surface area (TPSA) is 48.2 Å². The molecular formula is C23H28N6S. The summed E-state index contributed by atoms with van der Waals surface area (Å²) in [5, 5.41) is 9.06. The lowest BCUT2D eigenvalue weighted by Gasteiger charge is -2.32. The molecule has 0 unspecified atom stereocenters. The van der Waals surface area contributed by atoms with E-state index in [2.05, 4.69) is 80.4 Å². The van der Waals surface area contributed by atoms with Crippen molar-refractivity contribution in [3.8, 4) is 0 Å². The van der Waals surface area contributed by atoms with E-state index in [9.17, 15) is 0 Å². The zero-order valence-corrected chi connectivity index (χ0v) is 18.2. The molecule has 0 bridgehead atoms. The van der Waals surface area contributed by atoms with Gasteiger partial charge >= 0.3 is 0 Å². The number of para-hydroxylation sites is 2. The molecule has 30 heavy (non-hydrogen) atoms. The van der Waals surface area contributed by atoms with Gasteiger partial charge in [0.1, 0.15) is 5.36 Å². The minimum Gasteiger partial charge on any atom is -0.339 e. The minimum atomic E-state index is 0.866. The van der Waals surface area contributed by atoms with E-state index in [-0.39, 0.29) is 0 Å². The number of pyridine rings is 1.